The maximum absolute atomic E-state index is 13.1. The van der Waals surface area contributed by atoms with Crippen LogP contribution >= 0.6 is 62.3 Å². The Labute approximate surface area is 142 Å². The summed E-state index contributed by atoms with van der Waals surface area (Å²) >= 11 is 26.9. The van der Waals surface area contributed by atoms with Crippen LogP contribution in [0.2, 0.25) is 20.1 Å². The minimum Gasteiger partial charge on any atom is -0.288 e. The fraction of sp³-hybridized carbons (Fsp3) is 0. The molecule has 0 fully saturated rings. The molecule has 0 aliphatic rings. The van der Waals surface area contributed by atoms with Crippen LogP contribution in [0.1, 0.15) is 15.9 Å². The lowest BCUT2D eigenvalue weighted by molar-refractivity contribution is 0.103. The molecule has 0 unspecified atom stereocenters. The number of ketones is 1. The zero-order valence-electron chi connectivity index (χ0n) is 9.49. The fourth-order valence-corrected chi connectivity index (χ4v) is 3.20. The van der Waals surface area contributed by atoms with E-state index in [0.29, 0.717) is 4.47 Å². The second-order valence-electron chi connectivity index (χ2n) is 3.80. The van der Waals surface area contributed by atoms with Crippen molar-refractivity contribution in [2.45, 2.75) is 0 Å². The average molecular weight is 417 g/mol. The molecule has 0 atom stereocenters. The minimum absolute atomic E-state index is 0.0232. The molecule has 104 valence electrons. The number of hydrogen-bond donors (Lipinski definition) is 0. The molecule has 0 aliphatic heterocycles. The van der Waals surface area contributed by atoms with Gasteiger partial charge in [-0.1, -0.05) is 46.4 Å². The van der Waals surface area contributed by atoms with Crippen molar-refractivity contribution in [3.05, 3.63) is 65.8 Å². The maximum atomic E-state index is 13.1. The number of carbonyl (C=O) groups is 1. The lowest BCUT2D eigenvalue weighted by Gasteiger charge is -2.10. The second kappa shape index (κ2) is 6.20. The smallest absolute Gasteiger partial charge is 0.197 e. The number of halogens is 6. The lowest BCUT2D eigenvalue weighted by atomic mass is 10.0. The minimum atomic E-state index is -0.481. The zero-order chi connectivity index (χ0) is 15.0. The van der Waals surface area contributed by atoms with Crippen LogP contribution < -0.4 is 0 Å². The standard InChI is InChI=1S/C13H4BrCl4FO/c14-7-3-5(19)1-2-6(7)13(20)10-8(15)4-9(16)11(17)12(10)18/h1-4H. The van der Waals surface area contributed by atoms with Gasteiger partial charge < -0.3 is 0 Å². The first-order valence-electron chi connectivity index (χ1n) is 5.15. The van der Waals surface area contributed by atoms with Crippen LogP contribution in [-0.4, -0.2) is 5.78 Å². The molecule has 0 amide bonds. The maximum Gasteiger partial charge on any atom is 0.197 e. The Balaban J connectivity index is 2.63. The Morgan fingerprint density at radius 3 is 2.25 bits per heavy atom. The Bertz CT molecular complexity index is 718. The van der Waals surface area contributed by atoms with Gasteiger partial charge >= 0.3 is 0 Å². The van der Waals surface area contributed by atoms with Crippen LogP contribution in [-0.2, 0) is 0 Å². The van der Waals surface area contributed by atoms with E-state index in [9.17, 15) is 9.18 Å². The highest BCUT2D eigenvalue weighted by atomic mass is 79.9. The Kier molecular flexibility index (Phi) is 4.98. The normalized spacial score (nSPS) is 10.7. The zero-order valence-corrected chi connectivity index (χ0v) is 14.1. The predicted molar refractivity (Wildman–Crippen MR) is 84.0 cm³/mol. The molecule has 0 saturated carbocycles. The van der Waals surface area contributed by atoms with Crippen molar-refractivity contribution < 1.29 is 9.18 Å². The van der Waals surface area contributed by atoms with Gasteiger partial charge in [-0.2, -0.15) is 0 Å². The van der Waals surface area contributed by atoms with Gasteiger partial charge in [0.1, 0.15) is 5.82 Å². The molecule has 20 heavy (non-hydrogen) atoms. The first-order valence-corrected chi connectivity index (χ1v) is 7.46. The van der Waals surface area contributed by atoms with Crippen LogP contribution in [0, 0.1) is 5.82 Å². The van der Waals surface area contributed by atoms with Crippen LogP contribution in [0.4, 0.5) is 4.39 Å². The van der Waals surface area contributed by atoms with Gasteiger partial charge in [-0.05, 0) is 40.2 Å². The van der Waals surface area contributed by atoms with Gasteiger partial charge in [0, 0.05) is 10.0 Å². The molecule has 0 aliphatic carbocycles. The van der Waals surface area contributed by atoms with Gasteiger partial charge in [-0.3, -0.25) is 4.79 Å². The molecule has 2 aromatic rings. The summed E-state index contributed by atoms with van der Waals surface area (Å²) in [5, 5.41) is 0.228. The van der Waals surface area contributed by atoms with Gasteiger partial charge in [0.2, 0.25) is 0 Å². The third-order valence-electron chi connectivity index (χ3n) is 2.52. The molecular formula is C13H4BrCl4FO. The number of hydrogen-bond acceptors (Lipinski definition) is 1. The highest BCUT2D eigenvalue weighted by Crippen LogP contribution is 2.39. The van der Waals surface area contributed by atoms with E-state index in [1.54, 1.807) is 0 Å². The molecule has 0 heterocycles. The number of rotatable bonds is 2. The summed E-state index contributed by atoms with van der Waals surface area (Å²) in [7, 11) is 0. The van der Waals surface area contributed by atoms with Gasteiger partial charge in [-0.25, -0.2) is 4.39 Å². The SMILES string of the molecule is O=C(c1ccc(F)cc1Br)c1c(Cl)cc(Cl)c(Cl)c1Cl. The molecule has 0 N–H and O–H groups in total. The summed E-state index contributed by atoms with van der Waals surface area (Å²) in [5.74, 6) is -0.954. The van der Waals surface area contributed by atoms with E-state index in [1.165, 1.54) is 18.2 Å². The van der Waals surface area contributed by atoms with Crippen molar-refractivity contribution in [3.8, 4) is 0 Å². The van der Waals surface area contributed by atoms with Crippen molar-refractivity contribution in [1.82, 2.24) is 0 Å². The molecule has 2 rings (SSSR count). The van der Waals surface area contributed by atoms with Crippen molar-refractivity contribution in [2.24, 2.45) is 0 Å². The first-order chi connectivity index (χ1) is 9.32. The van der Waals surface area contributed by atoms with Crippen LogP contribution in [0.3, 0.4) is 0 Å². The molecule has 0 bridgehead atoms. The molecule has 0 radical (unpaired) electrons. The Morgan fingerprint density at radius 2 is 1.65 bits per heavy atom. The molecule has 1 nitrogen and oxygen atoms in total. The van der Waals surface area contributed by atoms with Crippen molar-refractivity contribution in [2.75, 3.05) is 0 Å². The topological polar surface area (TPSA) is 17.1 Å². The Morgan fingerprint density at radius 1 is 1.00 bits per heavy atom. The van der Waals surface area contributed by atoms with E-state index in [-0.39, 0.29) is 31.2 Å². The third-order valence-corrected chi connectivity index (χ3v) is 4.73. The molecule has 2 aromatic carbocycles. The second-order valence-corrected chi connectivity index (χ2v) is 6.22. The number of benzene rings is 2. The van der Waals surface area contributed by atoms with Gasteiger partial charge in [0.15, 0.2) is 5.78 Å². The number of carbonyl (C=O) groups excluding carboxylic acids is 1. The first kappa shape index (κ1) is 16.1. The van der Waals surface area contributed by atoms with E-state index >= 15 is 0 Å². The van der Waals surface area contributed by atoms with Crippen LogP contribution in [0.15, 0.2) is 28.7 Å². The summed E-state index contributed by atoms with van der Waals surface area (Å²) < 4.78 is 13.3. The summed E-state index contributed by atoms with van der Waals surface area (Å²) in [6.45, 7) is 0. The van der Waals surface area contributed by atoms with Gasteiger partial charge in [-0.15, -0.1) is 0 Å². The van der Waals surface area contributed by atoms with Gasteiger partial charge in [0.25, 0.3) is 0 Å². The summed E-state index contributed by atoms with van der Waals surface area (Å²) in [4.78, 5) is 12.5. The van der Waals surface area contributed by atoms with E-state index < -0.39 is 11.6 Å². The van der Waals surface area contributed by atoms with E-state index in [1.807, 2.05) is 0 Å². The molecule has 7 heteroatoms. The Hall–Kier alpha value is -0.320. The molecule has 0 aromatic heterocycles. The van der Waals surface area contributed by atoms with E-state index in [4.69, 9.17) is 46.4 Å². The van der Waals surface area contributed by atoms with Crippen LogP contribution in [0.25, 0.3) is 0 Å². The fourth-order valence-electron chi connectivity index (χ4n) is 1.58. The van der Waals surface area contributed by atoms with Crippen molar-refractivity contribution in [1.29, 1.82) is 0 Å². The molecule has 0 spiro atoms. The monoisotopic (exact) mass is 414 g/mol. The third kappa shape index (κ3) is 2.97. The summed E-state index contributed by atoms with van der Waals surface area (Å²) in [6.07, 6.45) is 0. The summed E-state index contributed by atoms with van der Waals surface area (Å²) in [6, 6.07) is 5.00. The van der Waals surface area contributed by atoms with E-state index in [0.717, 1.165) is 6.07 Å². The average Bonchev–Trinajstić information content (AvgIpc) is 2.36. The van der Waals surface area contributed by atoms with Crippen molar-refractivity contribution in [3.63, 3.8) is 0 Å². The van der Waals surface area contributed by atoms with Crippen LogP contribution in [0.5, 0.6) is 0 Å². The lowest BCUT2D eigenvalue weighted by Crippen LogP contribution is -2.05. The van der Waals surface area contributed by atoms with Gasteiger partial charge in [0.05, 0.1) is 25.7 Å². The largest absolute Gasteiger partial charge is 0.288 e. The predicted octanol–water partition coefficient (Wildman–Crippen LogP) is 6.43. The van der Waals surface area contributed by atoms with Crippen molar-refractivity contribution >= 4 is 68.1 Å². The summed E-state index contributed by atoms with van der Waals surface area (Å²) in [5.41, 5.74) is 0.239. The highest BCUT2D eigenvalue weighted by Gasteiger charge is 2.22. The quantitative estimate of drug-likeness (QED) is 0.313. The highest BCUT2D eigenvalue weighted by molar-refractivity contribution is 9.10. The molecular weight excluding hydrogens is 413 g/mol. The van der Waals surface area contributed by atoms with E-state index in [2.05, 4.69) is 15.9 Å². The molecule has 0 saturated heterocycles.